The number of amides is 2. The molecule has 21 heavy (non-hydrogen) atoms. The summed E-state index contributed by atoms with van der Waals surface area (Å²) in [6.45, 7) is 0. The molecule has 1 saturated heterocycles. The number of hydrogen-bond acceptors (Lipinski definition) is 3. The number of nitriles is 1. The third-order valence-electron chi connectivity index (χ3n) is 3.88. The van der Waals surface area contributed by atoms with Crippen LogP contribution >= 0.6 is 0 Å². The van der Waals surface area contributed by atoms with Crippen LogP contribution < -0.4 is 5.32 Å². The zero-order chi connectivity index (χ0) is 14.9. The largest absolute Gasteiger partial charge is 0.294 e. The van der Waals surface area contributed by atoms with E-state index >= 15 is 0 Å². The van der Waals surface area contributed by atoms with Crippen LogP contribution in [0.15, 0.2) is 60.7 Å². The monoisotopic (exact) mass is 276 g/mol. The summed E-state index contributed by atoms with van der Waals surface area (Å²) in [7, 11) is 0. The number of benzene rings is 2. The summed E-state index contributed by atoms with van der Waals surface area (Å²) in [5, 5.41) is 11.8. The zero-order valence-corrected chi connectivity index (χ0v) is 11.1. The number of nitrogens with one attached hydrogen (secondary N) is 1. The molecule has 0 aliphatic carbocycles. The van der Waals surface area contributed by atoms with E-state index in [1.807, 2.05) is 18.2 Å². The minimum atomic E-state index is -1.28. The molecule has 0 radical (unpaired) electrons. The van der Waals surface area contributed by atoms with E-state index < -0.39 is 23.1 Å². The van der Waals surface area contributed by atoms with Crippen molar-refractivity contribution < 1.29 is 9.59 Å². The minimum absolute atomic E-state index is 0.448. The van der Waals surface area contributed by atoms with Gasteiger partial charge in [-0.05, 0) is 11.1 Å². The molecule has 3 rings (SSSR count). The van der Waals surface area contributed by atoms with Crippen molar-refractivity contribution in [2.24, 2.45) is 5.92 Å². The van der Waals surface area contributed by atoms with E-state index in [1.54, 1.807) is 48.5 Å². The van der Waals surface area contributed by atoms with Gasteiger partial charge < -0.3 is 0 Å². The smallest absolute Gasteiger partial charge is 0.245 e. The van der Waals surface area contributed by atoms with Crippen LogP contribution in [0.3, 0.4) is 0 Å². The van der Waals surface area contributed by atoms with Gasteiger partial charge >= 0.3 is 0 Å². The standard InChI is InChI=1S/C17H12N2O2/c18-11-14-15(20)19-16(21)17(14,12-7-3-1-4-8-12)13-9-5-2-6-10-13/h1-10,14H,(H,19,20,21)/t14-/m0/s1. The van der Waals surface area contributed by atoms with Gasteiger partial charge in [0.2, 0.25) is 11.8 Å². The molecular formula is C17H12N2O2. The number of imide groups is 1. The molecule has 1 fully saturated rings. The lowest BCUT2D eigenvalue weighted by atomic mass is 9.67. The third-order valence-corrected chi connectivity index (χ3v) is 3.88. The molecule has 4 nitrogen and oxygen atoms in total. The van der Waals surface area contributed by atoms with Crippen molar-refractivity contribution in [3.63, 3.8) is 0 Å². The summed E-state index contributed by atoms with van der Waals surface area (Å²) in [6, 6.07) is 19.9. The molecule has 0 spiro atoms. The molecule has 4 heteroatoms. The second kappa shape index (κ2) is 4.88. The quantitative estimate of drug-likeness (QED) is 0.850. The maximum Gasteiger partial charge on any atom is 0.245 e. The molecule has 1 heterocycles. The molecule has 0 unspecified atom stereocenters. The molecular weight excluding hydrogens is 264 g/mol. The Kier molecular flexibility index (Phi) is 3.03. The highest BCUT2D eigenvalue weighted by atomic mass is 16.2. The van der Waals surface area contributed by atoms with Gasteiger partial charge in [0.25, 0.3) is 0 Å². The summed E-state index contributed by atoms with van der Waals surface area (Å²) in [5.74, 6) is -2.07. The van der Waals surface area contributed by atoms with Crippen LogP contribution in [0.2, 0.25) is 0 Å². The van der Waals surface area contributed by atoms with Gasteiger partial charge in [-0.15, -0.1) is 0 Å². The number of rotatable bonds is 2. The Morgan fingerprint density at radius 3 is 1.81 bits per heavy atom. The Morgan fingerprint density at radius 1 is 0.905 bits per heavy atom. The molecule has 1 atom stereocenters. The normalized spacial score (nSPS) is 19.9. The lowest BCUT2D eigenvalue weighted by molar-refractivity contribution is -0.126. The molecule has 0 saturated carbocycles. The lowest BCUT2D eigenvalue weighted by Gasteiger charge is -2.29. The summed E-state index contributed by atoms with van der Waals surface area (Å²) in [5.41, 5.74) is 0.00569. The van der Waals surface area contributed by atoms with Gasteiger partial charge in [0, 0.05) is 0 Å². The third kappa shape index (κ3) is 1.75. The van der Waals surface area contributed by atoms with Crippen LogP contribution in [-0.2, 0) is 15.0 Å². The van der Waals surface area contributed by atoms with Gasteiger partial charge in [0.05, 0.1) is 6.07 Å². The highest BCUT2D eigenvalue weighted by Crippen LogP contribution is 2.42. The molecule has 102 valence electrons. The summed E-state index contributed by atoms with van der Waals surface area (Å²) < 4.78 is 0. The first-order valence-electron chi connectivity index (χ1n) is 6.57. The second-order valence-electron chi connectivity index (χ2n) is 4.92. The van der Waals surface area contributed by atoms with Crippen molar-refractivity contribution >= 4 is 11.8 Å². The van der Waals surface area contributed by atoms with Crippen molar-refractivity contribution in [1.82, 2.24) is 5.32 Å². The van der Waals surface area contributed by atoms with Crippen molar-refractivity contribution in [3.05, 3.63) is 71.8 Å². The van der Waals surface area contributed by atoms with Crippen LogP contribution in [0.5, 0.6) is 0 Å². The van der Waals surface area contributed by atoms with Gasteiger partial charge in [0.15, 0.2) is 0 Å². The van der Waals surface area contributed by atoms with Crippen LogP contribution in [0, 0.1) is 17.2 Å². The molecule has 2 aromatic rings. The van der Waals surface area contributed by atoms with E-state index in [-0.39, 0.29) is 0 Å². The predicted molar refractivity (Wildman–Crippen MR) is 75.9 cm³/mol. The molecule has 2 aromatic carbocycles. The Hall–Kier alpha value is -2.93. The van der Waals surface area contributed by atoms with Crippen LogP contribution in [0.1, 0.15) is 11.1 Å². The fourth-order valence-electron chi connectivity index (χ4n) is 2.93. The number of nitrogens with zero attached hydrogens (tertiary/aromatic N) is 1. The zero-order valence-electron chi connectivity index (χ0n) is 11.1. The Balaban J connectivity index is 2.34. The topological polar surface area (TPSA) is 70.0 Å². The fourth-order valence-corrected chi connectivity index (χ4v) is 2.93. The van der Waals surface area contributed by atoms with E-state index in [9.17, 15) is 14.9 Å². The molecule has 1 aliphatic heterocycles. The Labute approximate surface area is 122 Å². The first-order valence-corrected chi connectivity index (χ1v) is 6.57. The maximum absolute atomic E-state index is 12.6. The van der Waals surface area contributed by atoms with E-state index in [4.69, 9.17) is 0 Å². The lowest BCUT2D eigenvalue weighted by Crippen LogP contribution is -2.40. The SMILES string of the molecule is N#C[C@H]1C(=O)NC(=O)C1(c1ccccc1)c1ccccc1. The summed E-state index contributed by atoms with van der Waals surface area (Å²) >= 11 is 0. The first-order chi connectivity index (χ1) is 10.2. The minimum Gasteiger partial charge on any atom is -0.294 e. The summed E-state index contributed by atoms with van der Waals surface area (Å²) in [4.78, 5) is 24.6. The molecule has 1 aliphatic rings. The van der Waals surface area contributed by atoms with Crippen molar-refractivity contribution in [3.8, 4) is 6.07 Å². The number of hydrogen-bond donors (Lipinski definition) is 1. The average molecular weight is 276 g/mol. The highest BCUT2D eigenvalue weighted by molar-refractivity contribution is 6.13. The summed E-state index contributed by atoms with van der Waals surface area (Å²) in [6.07, 6.45) is 0. The van der Waals surface area contributed by atoms with E-state index in [0.717, 1.165) is 0 Å². The fraction of sp³-hybridized carbons (Fsp3) is 0.118. The van der Waals surface area contributed by atoms with Gasteiger partial charge in [-0.1, -0.05) is 60.7 Å². The van der Waals surface area contributed by atoms with Crippen LogP contribution in [0.25, 0.3) is 0 Å². The Bertz CT molecular complexity index is 693. The van der Waals surface area contributed by atoms with Crippen molar-refractivity contribution in [2.75, 3.05) is 0 Å². The van der Waals surface area contributed by atoms with E-state index in [1.165, 1.54) is 0 Å². The van der Waals surface area contributed by atoms with Gasteiger partial charge in [-0.2, -0.15) is 5.26 Å². The van der Waals surface area contributed by atoms with Gasteiger partial charge in [-0.3, -0.25) is 14.9 Å². The van der Waals surface area contributed by atoms with Crippen molar-refractivity contribution in [1.29, 1.82) is 5.26 Å². The molecule has 1 N–H and O–H groups in total. The van der Waals surface area contributed by atoms with Crippen LogP contribution in [0.4, 0.5) is 0 Å². The van der Waals surface area contributed by atoms with Gasteiger partial charge in [-0.25, -0.2) is 0 Å². The molecule has 0 aromatic heterocycles. The van der Waals surface area contributed by atoms with E-state index in [0.29, 0.717) is 11.1 Å². The average Bonchev–Trinajstić information content (AvgIpc) is 2.79. The Morgan fingerprint density at radius 2 is 1.38 bits per heavy atom. The predicted octanol–water partition coefficient (Wildman–Crippen LogP) is 1.77. The molecule has 0 bridgehead atoms. The van der Waals surface area contributed by atoms with Gasteiger partial charge in [0.1, 0.15) is 11.3 Å². The van der Waals surface area contributed by atoms with Crippen molar-refractivity contribution in [2.45, 2.75) is 5.41 Å². The van der Waals surface area contributed by atoms with Crippen LogP contribution in [-0.4, -0.2) is 11.8 Å². The first kappa shape index (κ1) is 13.1. The second-order valence-corrected chi connectivity index (χ2v) is 4.92. The van der Waals surface area contributed by atoms with E-state index in [2.05, 4.69) is 5.32 Å². The number of carbonyl (C=O) groups is 2. The molecule has 2 amide bonds. The maximum atomic E-state index is 12.6. The number of carbonyl (C=O) groups excluding carboxylic acids is 2. The highest BCUT2D eigenvalue weighted by Gasteiger charge is 2.57.